The Bertz CT molecular complexity index is 804. The Kier molecular flexibility index (Phi) is 4.00. The lowest BCUT2D eigenvalue weighted by molar-refractivity contribution is -0.191. The average molecular weight is 357 g/mol. The molecule has 0 aliphatic carbocycles. The molecule has 1 aliphatic heterocycles. The van der Waals surface area contributed by atoms with Crippen molar-refractivity contribution < 1.29 is 18.0 Å². The van der Waals surface area contributed by atoms with Crippen LogP contribution in [0.15, 0.2) is 36.4 Å². The zero-order chi connectivity index (χ0) is 17.7. The number of carbonyl (C=O) groups excluding carboxylic acids is 1. The summed E-state index contributed by atoms with van der Waals surface area (Å²) in [4.78, 5) is 12.0. The number of amides is 1. The monoisotopic (exact) mass is 356 g/mol. The van der Waals surface area contributed by atoms with Crippen LogP contribution in [0.25, 0.3) is 10.8 Å². The van der Waals surface area contributed by atoms with Crippen molar-refractivity contribution >= 4 is 28.3 Å². The predicted molar refractivity (Wildman–Crippen MR) is 86.4 cm³/mol. The van der Waals surface area contributed by atoms with E-state index in [1.165, 1.54) is 6.07 Å². The Balaban J connectivity index is 2.19. The Morgan fingerprint density at radius 1 is 1.21 bits per heavy atom. The summed E-state index contributed by atoms with van der Waals surface area (Å²) in [5.41, 5.74) is 1.41. The summed E-state index contributed by atoms with van der Waals surface area (Å²) in [6, 6.07) is 7.89. The van der Waals surface area contributed by atoms with E-state index in [9.17, 15) is 18.0 Å². The number of hydrazine groups is 1. The number of carbonyl (C=O) groups is 1. The number of rotatable bonds is 2. The molecule has 1 atom stereocenters. The molecule has 7 heteroatoms. The van der Waals surface area contributed by atoms with E-state index >= 15 is 0 Å². The highest BCUT2D eigenvalue weighted by molar-refractivity contribution is 6.32. The molecule has 2 aromatic carbocycles. The van der Waals surface area contributed by atoms with Crippen molar-refractivity contribution in [3.05, 3.63) is 47.0 Å². The van der Waals surface area contributed by atoms with Crippen LogP contribution in [-0.4, -0.2) is 23.6 Å². The fourth-order valence-corrected chi connectivity index (χ4v) is 3.29. The van der Waals surface area contributed by atoms with E-state index in [2.05, 4.69) is 5.43 Å². The Morgan fingerprint density at radius 3 is 2.46 bits per heavy atom. The number of nitrogens with one attached hydrogen (secondary N) is 1. The van der Waals surface area contributed by atoms with Gasteiger partial charge in [-0.15, -0.1) is 0 Å². The van der Waals surface area contributed by atoms with Gasteiger partial charge >= 0.3 is 6.18 Å². The van der Waals surface area contributed by atoms with E-state index in [1.54, 1.807) is 44.2 Å². The van der Waals surface area contributed by atoms with Crippen LogP contribution in [0.5, 0.6) is 0 Å². The van der Waals surface area contributed by atoms with Gasteiger partial charge < -0.3 is 0 Å². The van der Waals surface area contributed by atoms with Gasteiger partial charge in [-0.2, -0.15) is 13.2 Å². The van der Waals surface area contributed by atoms with Crippen molar-refractivity contribution in [2.45, 2.75) is 26.1 Å². The molecule has 0 unspecified atom stereocenters. The molecule has 2 aromatic rings. The van der Waals surface area contributed by atoms with Crippen molar-refractivity contribution in [1.29, 1.82) is 0 Å². The molecule has 1 aliphatic rings. The van der Waals surface area contributed by atoms with Crippen LogP contribution >= 0.6 is 11.6 Å². The van der Waals surface area contributed by atoms with Crippen LogP contribution in [0.1, 0.15) is 25.5 Å². The maximum absolute atomic E-state index is 13.9. The number of alkyl halides is 3. The van der Waals surface area contributed by atoms with Gasteiger partial charge in [0.2, 0.25) is 5.91 Å². The molecule has 3 rings (SSSR count). The second-order valence-corrected chi connectivity index (χ2v) is 6.99. The van der Waals surface area contributed by atoms with Gasteiger partial charge in [0, 0.05) is 17.1 Å². The normalized spacial score (nSPS) is 19.5. The van der Waals surface area contributed by atoms with Crippen LogP contribution in [0.3, 0.4) is 0 Å². The highest BCUT2D eigenvalue weighted by Gasteiger charge is 2.52. The van der Waals surface area contributed by atoms with Gasteiger partial charge in [0.05, 0.1) is 5.41 Å². The van der Waals surface area contributed by atoms with Gasteiger partial charge in [0.1, 0.15) is 0 Å². The van der Waals surface area contributed by atoms with Crippen molar-refractivity contribution in [2.24, 2.45) is 5.41 Å². The molecule has 1 saturated heterocycles. The molecule has 0 radical (unpaired) electrons. The van der Waals surface area contributed by atoms with E-state index in [4.69, 9.17) is 11.6 Å². The standard InChI is InChI=1S/C17H16ClF3N2O/c1-16(2)9-23(22-15(16)24)14(17(19,20)21)13-11-6-4-3-5-10(11)7-8-12(13)18/h3-8,14H,9H2,1-2H3,(H,22,24)/t14-/m0/s1. The minimum atomic E-state index is -4.60. The molecular weight excluding hydrogens is 341 g/mol. The third-order valence-corrected chi connectivity index (χ3v) is 4.57. The smallest absolute Gasteiger partial charge is 0.287 e. The molecule has 24 heavy (non-hydrogen) atoms. The second-order valence-electron chi connectivity index (χ2n) is 6.58. The summed E-state index contributed by atoms with van der Waals surface area (Å²) < 4.78 is 41.7. The number of nitrogens with zero attached hydrogens (tertiary/aromatic N) is 1. The van der Waals surface area contributed by atoms with Gasteiger partial charge in [0.15, 0.2) is 6.04 Å². The van der Waals surface area contributed by atoms with E-state index in [1.807, 2.05) is 0 Å². The summed E-state index contributed by atoms with van der Waals surface area (Å²) >= 11 is 6.15. The molecule has 1 heterocycles. The minimum absolute atomic E-state index is 0.0231. The Hall–Kier alpha value is -1.79. The lowest BCUT2D eigenvalue weighted by atomic mass is 9.93. The number of benzene rings is 2. The SMILES string of the molecule is CC1(C)CN([C@@H](c2c(Cl)ccc3ccccc23)C(F)(F)F)NC1=O. The zero-order valence-corrected chi connectivity index (χ0v) is 13.9. The summed E-state index contributed by atoms with van der Waals surface area (Å²) in [6.45, 7) is 3.16. The summed E-state index contributed by atoms with van der Waals surface area (Å²) in [5, 5.41) is 2.05. The number of hydrogen-bond donors (Lipinski definition) is 1. The number of halogens is 4. The molecule has 0 spiro atoms. The van der Waals surface area contributed by atoms with E-state index in [-0.39, 0.29) is 17.1 Å². The zero-order valence-electron chi connectivity index (χ0n) is 13.1. The molecular formula is C17H16ClF3N2O. The predicted octanol–water partition coefficient (Wildman–Crippen LogP) is 4.47. The van der Waals surface area contributed by atoms with Crippen LogP contribution in [0, 0.1) is 5.41 Å². The largest absolute Gasteiger partial charge is 0.409 e. The molecule has 0 saturated carbocycles. The van der Waals surface area contributed by atoms with Crippen molar-refractivity contribution in [2.75, 3.05) is 6.54 Å². The molecule has 0 bridgehead atoms. The Morgan fingerprint density at radius 2 is 1.88 bits per heavy atom. The Labute approximate surface area is 142 Å². The van der Waals surface area contributed by atoms with Crippen LogP contribution < -0.4 is 5.43 Å². The molecule has 1 fully saturated rings. The highest BCUT2D eigenvalue weighted by Crippen LogP contribution is 2.45. The summed E-state index contributed by atoms with van der Waals surface area (Å²) in [5.74, 6) is -0.437. The van der Waals surface area contributed by atoms with Gasteiger partial charge in [-0.1, -0.05) is 41.9 Å². The molecule has 0 aromatic heterocycles. The first-order valence-electron chi connectivity index (χ1n) is 7.43. The maximum Gasteiger partial charge on any atom is 0.409 e. The van der Waals surface area contributed by atoms with E-state index in [0.717, 1.165) is 5.01 Å². The highest BCUT2D eigenvalue weighted by atomic mass is 35.5. The van der Waals surface area contributed by atoms with Crippen molar-refractivity contribution in [3.8, 4) is 0 Å². The molecule has 1 amide bonds. The fraction of sp³-hybridized carbons (Fsp3) is 0.353. The molecule has 1 N–H and O–H groups in total. The summed E-state index contributed by atoms with van der Waals surface area (Å²) in [7, 11) is 0. The van der Waals surface area contributed by atoms with Gasteiger partial charge in [0.25, 0.3) is 0 Å². The minimum Gasteiger partial charge on any atom is -0.287 e. The van der Waals surface area contributed by atoms with Crippen LogP contribution in [0.4, 0.5) is 13.2 Å². The van der Waals surface area contributed by atoms with Crippen molar-refractivity contribution in [1.82, 2.24) is 10.4 Å². The summed E-state index contributed by atoms with van der Waals surface area (Å²) in [6.07, 6.45) is -4.60. The lowest BCUT2D eigenvalue weighted by Gasteiger charge is -2.31. The van der Waals surface area contributed by atoms with Crippen LogP contribution in [-0.2, 0) is 4.79 Å². The average Bonchev–Trinajstić information content (AvgIpc) is 2.74. The lowest BCUT2D eigenvalue weighted by Crippen LogP contribution is -2.43. The topological polar surface area (TPSA) is 32.3 Å². The molecule has 128 valence electrons. The van der Waals surface area contributed by atoms with E-state index < -0.39 is 23.5 Å². The number of fused-ring (bicyclic) bond motifs is 1. The van der Waals surface area contributed by atoms with Gasteiger partial charge in [-0.25, -0.2) is 5.01 Å². The number of hydrogen-bond acceptors (Lipinski definition) is 2. The fourth-order valence-electron chi connectivity index (χ4n) is 3.02. The quantitative estimate of drug-likeness (QED) is 0.861. The second kappa shape index (κ2) is 5.63. The van der Waals surface area contributed by atoms with Crippen LogP contribution in [0.2, 0.25) is 5.02 Å². The van der Waals surface area contributed by atoms with Gasteiger partial charge in [-0.05, 0) is 30.7 Å². The maximum atomic E-state index is 13.9. The first-order valence-corrected chi connectivity index (χ1v) is 7.80. The molecule has 3 nitrogen and oxygen atoms in total. The van der Waals surface area contributed by atoms with Gasteiger partial charge in [-0.3, -0.25) is 10.2 Å². The third kappa shape index (κ3) is 2.84. The van der Waals surface area contributed by atoms with Crippen molar-refractivity contribution in [3.63, 3.8) is 0 Å². The first kappa shape index (κ1) is 17.0. The first-order chi connectivity index (χ1) is 11.1. The third-order valence-electron chi connectivity index (χ3n) is 4.24. The van der Waals surface area contributed by atoms with E-state index in [0.29, 0.717) is 10.8 Å².